The van der Waals surface area contributed by atoms with Crippen molar-refractivity contribution in [3.8, 4) is 46.0 Å². The van der Waals surface area contributed by atoms with Crippen LogP contribution >= 0.6 is 0 Å². The van der Waals surface area contributed by atoms with E-state index in [0.29, 0.717) is 69.2 Å². The molecule has 0 radical (unpaired) electrons. The van der Waals surface area contributed by atoms with Crippen molar-refractivity contribution in [3.63, 3.8) is 0 Å². The SMILES string of the molecule is c1ccc(OCCOc2c3cccc(OCCOc4ccccc4)c3c(OCCOc3ccccc3)c3c(OCCOc4ccccc4)cccc23)cc1. The smallest absolute Gasteiger partial charge is 0.142 e. The average molecular weight is 723 g/mol. The summed E-state index contributed by atoms with van der Waals surface area (Å²) in [5.41, 5.74) is 0. The summed E-state index contributed by atoms with van der Waals surface area (Å²) < 4.78 is 50.1. The van der Waals surface area contributed by atoms with Gasteiger partial charge >= 0.3 is 0 Å². The van der Waals surface area contributed by atoms with Crippen molar-refractivity contribution in [2.75, 3.05) is 52.9 Å². The third-order valence-corrected chi connectivity index (χ3v) is 8.38. The van der Waals surface area contributed by atoms with Crippen molar-refractivity contribution in [2.45, 2.75) is 0 Å². The van der Waals surface area contributed by atoms with Gasteiger partial charge in [-0.3, -0.25) is 0 Å². The van der Waals surface area contributed by atoms with Crippen LogP contribution in [0.25, 0.3) is 21.5 Å². The Kier molecular flexibility index (Phi) is 12.5. The molecule has 7 aromatic carbocycles. The monoisotopic (exact) mass is 722 g/mol. The topological polar surface area (TPSA) is 73.8 Å². The highest BCUT2D eigenvalue weighted by Crippen LogP contribution is 2.49. The van der Waals surface area contributed by atoms with Crippen molar-refractivity contribution < 1.29 is 37.9 Å². The summed E-state index contributed by atoms with van der Waals surface area (Å²) in [7, 11) is 0. The second-order valence-corrected chi connectivity index (χ2v) is 12.1. The van der Waals surface area contributed by atoms with Crippen LogP contribution in [0.2, 0.25) is 0 Å². The molecule has 0 aliphatic heterocycles. The number of para-hydroxylation sites is 4. The first kappa shape index (κ1) is 35.8. The van der Waals surface area contributed by atoms with Gasteiger partial charge in [-0.05, 0) is 60.7 Å². The molecule has 8 nitrogen and oxygen atoms in total. The number of ether oxygens (including phenoxy) is 8. The zero-order valence-electron chi connectivity index (χ0n) is 29.9. The highest BCUT2D eigenvalue weighted by molar-refractivity contribution is 6.15. The standard InChI is InChI=1S/C46H42O8/c1-5-15-35(16-6-1)47-27-31-51-41-25-13-23-39-43(41)46(54-34-30-50-38-21-11-4-12-22-38)44-40(45(39)53-33-29-49-37-19-9-3-10-20-37)24-14-26-42(44)52-32-28-48-36-17-7-2-8-18-36/h1-26H,27-34H2. The minimum atomic E-state index is 0.265. The molecule has 0 saturated carbocycles. The molecular weight excluding hydrogens is 680 g/mol. The van der Waals surface area contributed by atoms with Gasteiger partial charge in [0.15, 0.2) is 0 Å². The van der Waals surface area contributed by atoms with E-state index >= 15 is 0 Å². The van der Waals surface area contributed by atoms with Gasteiger partial charge in [-0.25, -0.2) is 0 Å². The van der Waals surface area contributed by atoms with Gasteiger partial charge in [-0.1, -0.05) is 97.1 Å². The van der Waals surface area contributed by atoms with Crippen LogP contribution in [-0.4, -0.2) is 52.9 Å². The summed E-state index contributed by atoms with van der Waals surface area (Å²) in [6.45, 7) is 2.55. The van der Waals surface area contributed by atoms with E-state index in [4.69, 9.17) is 37.9 Å². The van der Waals surface area contributed by atoms with E-state index in [-0.39, 0.29) is 6.61 Å². The first-order chi connectivity index (χ1) is 26.8. The van der Waals surface area contributed by atoms with Gasteiger partial charge in [-0.2, -0.15) is 0 Å². The fourth-order valence-corrected chi connectivity index (χ4v) is 6.02. The Morgan fingerprint density at radius 1 is 0.241 bits per heavy atom. The molecule has 0 atom stereocenters. The minimum absolute atomic E-state index is 0.265. The van der Waals surface area contributed by atoms with Gasteiger partial charge < -0.3 is 37.9 Å². The Labute approximate surface area is 315 Å². The first-order valence-electron chi connectivity index (χ1n) is 18.1. The summed E-state index contributed by atoms with van der Waals surface area (Å²) in [4.78, 5) is 0. The van der Waals surface area contributed by atoms with E-state index in [1.807, 2.05) is 158 Å². The zero-order chi connectivity index (χ0) is 36.6. The van der Waals surface area contributed by atoms with Crippen LogP contribution in [0.3, 0.4) is 0 Å². The minimum Gasteiger partial charge on any atom is -0.490 e. The Bertz CT molecular complexity index is 2070. The van der Waals surface area contributed by atoms with E-state index < -0.39 is 0 Å². The van der Waals surface area contributed by atoms with Crippen LogP contribution in [0.15, 0.2) is 158 Å². The second kappa shape index (κ2) is 18.8. The van der Waals surface area contributed by atoms with Crippen LogP contribution in [0, 0.1) is 0 Å². The highest BCUT2D eigenvalue weighted by Gasteiger charge is 2.23. The lowest BCUT2D eigenvalue weighted by Crippen LogP contribution is -2.13. The quantitative estimate of drug-likeness (QED) is 0.0569. The highest BCUT2D eigenvalue weighted by atomic mass is 16.5. The van der Waals surface area contributed by atoms with Crippen LogP contribution in [0.4, 0.5) is 0 Å². The lowest BCUT2D eigenvalue weighted by molar-refractivity contribution is 0.211. The number of hydrogen-bond donors (Lipinski definition) is 0. The van der Waals surface area contributed by atoms with Crippen molar-refractivity contribution in [3.05, 3.63) is 158 Å². The molecule has 0 bridgehead atoms. The Morgan fingerprint density at radius 3 is 0.889 bits per heavy atom. The van der Waals surface area contributed by atoms with Crippen LogP contribution in [0.5, 0.6) is 46.0 Å². The van der Waals surface area contributed by atoms with Crippen molar-refractivity contribution in [2.24, 2.45) is 0 Å². The molecule has 0 N–H and O–H groups in total. The third-order valence-electron chi connectivity index (χ3n) is 8.38. The maximum Gasteiger partial charge on any atom is 0.142 e. The normalized spacial score (nSPS) is 10.8. The number of fused-ring (bicyclic) bond motifs is 2. The molecular formula is C46H42O8. The van der Waals surface area contributed by atoms with Gasteiger partial charge in [0.2, 0.25) is 0 Å². The van der Waals surface area contributed by atoms with Crippen LogP contribution in [0.1, 0.15) is 0 Å². The van der Waals surface area contributed by atoms with E-state index in [0.717, 1.165) is 44.5 Å². The number of hydrogen-bond acceptors (Lipinski definition) is 8. The summed E-state index contributed by atoms with van der Waals surface area (Å²) in [5.74, 6) is 5.61. The molecule has 8 heteroatoms. The van der Waals surface area contributed by atoms with Gasteiger partial charge in [0, 0.05) is 10.8 Å². The molecule has 54 heavy (non-hydrogen) atoms. The molecule has 0 unspecified atom stereocenters. The molecule has 0 heterocycles. The summed E-state index contributed by atoms with van der Waals surface area (Å²) >= 11 is 0. The fraction of sp³-hybridized carbons (Fsp3) is 0.174. The molecule has 0 saturated heterocycles. The van der Waals surface area contributed by atoms with Gasteiger partial charge in [-0.15, -0.1) is 0 Å². The molecule has 7 aromatic rings. The number of benzene rings is 7. The lowest BCUT2D eigenvalue weighted by Gasteiger charge is -2.22. The third kappa shape index (κ3) is 9.46. The van der Waals surface area contributed by atoms with Gasteiger partial charge in [0.1, 0.15) is 98.9 Å². The van der Waals surface area contributed by atoms with E-state index in [2.05, 4.69) is 0 Å². The molecule has 0 amide bonds. The Hall–Kier alpha value is -6.54. The van der Waals surface area contributed by atoms with Crippen LogP contribution < -0.4 is 37.9 Å². The fourth-order valence-electron chi connectivity index (χ4n) is 6.02. The maximum atomic E-state index is 6.70. The lowest BCUT2D eigenvalue weighted by atomic mass is 9.99. The van der Waals surface area contributed by atoms with Crippen molar-refractivity contribution in [1.29, 1.82) is 0 Å². The Balaban J connectivity index is 1.22. The largest absolute Gasteiger partial charge is 0.490 e. The van der Waals surface area contributed by atoms with E-state index in [1.54, 1.807) is 0 Å². The first-order valence-corrected chi connectivity index (χ1v) is 18.1. The van der Waals surface area contributed by atoms with Crippen molar-refractivity contribution >= 4 is 21.5 Å². The molecule has 7 rings (SSSR count). The summed E-state index contributed by atoms with van der Waals surface area (Å²) in [5, 5.41) is 3.15. The molecule has 274 valence electrons. The Morgan fingerprint density at radius 2 is 0.537 bits per heavy atom. The summed E-state index contributed by atoms with van der Waals surface area (Å²) in [6, 6.07) is 50.6. The van der Waals surface area contributed by atoms with E-state index in [9.17, 15) is 0 Å². The van der Waals surface area contributed by atoms with Gasteiger partial charge in [0.05, 0.1) is 10.8 Å². The maximum absolute atomic E-state index is 6.70. The molecule has 0 aliphatic rings. The van der Waals surface area contributed by atoms with Crippen molar-refractivity contribution in [1.82, 2.24) is 0 Å². The predicted octanol–water partition coefficient (Wildman–Crippen LogP) is 9.82. The molecule has 0 aromatic heterocycles. The zero-order valence-corrected chi connectivity index (χ0v) is 29.9. The van der Waals surface area contributed by atoms with Crippen LogP contribution in [-0.2, 0) is 0 Å². The molecule has 0 fully saturated rings. The summed E-state index contributed by atoms with van der Waals surface area (Å²) in [6.07, 6.45) is 0. The predicted molar refractivity (Wildman–Crippen MR) is 211 cm³/mol. The second-order valence-electron chi connectivity index (χ2n) is 12.1. The van der Waals surface area contributed by atoms with E-state index in [1.165, 1.54) is 0 Å². The van der Waals surface area contributed by atoms with Gasteiger partial charge in [0.25, 0.3) is 0 Å². The molecule has 0 aliphatic carbocycles. The number of rotatable bonds is 20. The molecule has 0 spiro atoms. The average Bonchev–Trinajstić information content (AvgIpc) is 3.23.